The van der Waals surface area contributed by atoms with Crippen molar-refractivity contribution in [3.63, 3.8) is 0 Å². The largest absolute Gasteiger partial charge is 0.481 e. The number of aliphatic carboxylic acids is 1. The van der Waals surface area contributed by atoms with E-state index in [1.54, 1.807) is 18.7 Å². The first-order valence-electron chi connectivity index (χ1n) is 17.4. The molecule has 2 N–H and O–H groups in total. The second kappa shape index (κ2) is 20.0. The molecular formula is C36H62N2O6. The molecule has 1 saturated heterocycles. The fourth-order valence-electron chi connectivity index (χ4n) is 6.13. The number of rotatable bonds is 20. The van der Waals surface area contributed by atoms with Crippen LogP contribution in [0.4, 0.5) is 0 Å². The minimum atomic E-state index is -0.951. The van der Waals surface area contributed by atoms with Crippen LogP contribution in [0.1, 0.15) is 144 Å². The Bertz CT molecular complexity index is 928. The maximum Gasteiger partial charge on any atom is 0.305 e. The zero-order valence-corrected chi connectivity index (χ0v) is 28.4. The van der Waals surface area contributed by atoms with E-state index in [0.717, 1.165) is 57.8 Å². The van der Waals surface area contributed by atoms with Gasteiger partial charge in [-0.3, -0.25) is 14.4 Å². The number of allylic oxidation sites excluding steroid dienone is 4. The molecule has 2 amide bonds. The highest BCUT2D eigenvalue weighted by Crippen LogP contribution is 2.37. The summed E-state index contributed by atoms with van der Waals surface area (Å²) in [6.45, 7) is 10.1. The highest BCUT2D eigenvalue weighted by atomic mass is 16.7. The molecule has 1 aliphatic heterocycles. The number of hydrogen-bond acceptors (Lipinski definition) is 5. The van der Waals surface area contributed by atoms with E-state index in [4.69, 9.17) is 9.47 Å². The Morgan fingerprint density at radius 3 is 2.18 bits per heavy atom. The molecular weight excluding hydrogens is 556 g/mol. The van der Waals surface area contributed by atoms with Gasteiger partial charge in [0, 0.05) is 24.4 Å². The fraction of sp³-hybridized carbons (Fsp3) is 0.806. The Morgan fingerprint density at radius 2 is 1.50 bits per heavy atom. The summed E-state index contributed by atoms with van der Waals surface area (Å²) in [6.07, 6.45) is 24.6. The number of hydrogen-bond donors (Lipinski definition) is 2. The number of nitrogens with zero attached hydrogens (tertiary/aromatic N) is 1. The van der Waals surface area contributed by atoms with E-state index in [1.165, 1.54) is 38.5 Å². The number of carbonyl (C=O) groups is 3. The molecule has 0 bridgehead atoms. The maximum absolute atomic E-state index is 14.0. The van der Waals surface area contributed by atoms with Crippen molar-refractivity contribution in [1.82, 2.24) is 10.2 Å². The van der Waals surface area contributed by atoms with Crippen LogP contribution in [0.25, 0.3) is 0 Å². The van der Waals surface area contributed by atoms with Gasteiger partial charge < -0.3 is 24.8 Å². The Balaban J connectivity index is 1.80. The molecule has 1 saturated carbocycles. The van der Waals surface area contributed by atoms with Gasteiger partial charge in [0.05, 0.1) is 19.1 Å². The van der Waals surface area contributed by atoms with Crippen LogP contribution in [0.5, 0.6) is 0 Å². The van der Waals surface area contributed by atoms with E-state index in [1.807, 2.05) is 13.8 Å². The third-order valence-electron chi connectivity index (χ3n) is 8.81. The summed E-state index contributed by atoms with van der Waals surface area (Å²) in [5.74, 6) is -2.06. The van der Waals surface area contributed by atoms with E-state index >= 15 is 0 Å². The highest BCUT2D eigenvalue weighted by molar-refractivity contribution is 5.83. The fourth-order valence-corrected chi connectivity index (χ4v) is 6.13. The van der Waals surface area contributed by atoms with Gasteiger partial charge in [-0.25, -0.2) is 0 Å². The molecule has 1 aliphatic carbocycles. The Labute approximate surface area is 267 Å². The van der Waals surface area contributed by atoms with Crippen molar-refractivity contribution in [1.29, 1.82) is 0 Å². The molecule has 8 nitrogen and oxygen atoms in total. The summed E-state index contributed by atoms with van der Waals surface area (Å²) < 4.78 is 11.9. The molecule has 2 rings (SSSR count). The zero-order chi connectivity index (χ0) is 32.4. The van der Waals surface area contributed by atoms with Gasteiger partial charge in [0.2, 0.25) is 5.91 Å². The Kier molecular flexibility index (Phi) is 17.3. The van der Waals surface area contributed by atoms with Gasteiger partial charge in [0.25, 0.3) is 5.91 Å². The van der Waals surface area contributed by atoms with Crippen LogP contribution >= 0.6 is 0 Å². The van der Waals surface area contributed by atoms with Crippen molar-refractivity contribution >= 4 is 17.8 Å². The van der Waals surface area contributed by atoms with E-state index in [9.17, 15) is 19.5 Å². The molecule has 0 aromatic rings. The van der Waals surface area contributed by atoms with Gasteiger partial charge in [-0.2, -0.15) is 0 Å². The number of carboxylic acid groups (broad SMARTS) is 1. The summed E-state index contributed by atoms with van der Waals surface area (Å²) in [5.41, 5.74) is -0.567. The van der Waals surface area contributed by atoms with Crippen LogP contribution in [-0.4, -0.2) is 64.9 Å². The average Bonchev–Trinajstić information content (AvgIpc) is 2.97. The molecule has 8 heteroatoms. The van der Waals surface area contributed by atoms with Gasteiger partial charge in [0.15, 0.2) is 5.79 Å². The average molecular weight is 619 g/mol. The molecule has 2 aliphatic rings. The lowest BCUT2D eigenvalue weighted by atomic mass is 9.83. The molecule has 3 atom stereocenters. The van der Waals surface area contributed by atoms with Crippen LogP contribution in [0.2, 0.25) is 0 Å². The maximum atomic E-state index is 14.0. The quantitative estimate of drug-likeness (QED) is 0.107. The van der Waals surface area contributed by atoms with Gasteiger partial charge in [-0.1, -0.05) is 90.0 Å². The smallest absolute Gasteiger partial charge is 0.305 e. The van der Waals surface area contributed by atoms with Crippen LogP contribution < -0.4 is 5.32 Å². The second-order valence-corrected chi connectivity index (χ2v) is 13.9. The van der Waals surface area contributed by atoms with Crippen LogP contribution in [0.3, 0.4) is 0 Å². The van der Waals surface area contributed by atoms with E-state index in [0.29, 0.717) is 13.0 Å². The van der Waals surface area contributed by atoms with E-state index in [2.05, 4.69) is 36.5 Å². The van der Waals surface area contributed by atoms with Crippen LogP contribution in [-0.2, 0) is 23.9 Å². The summed E-state index contributed by atoms with van der Waals surface area (Å²) in [6, 6.07) is -0.447. The van der Waals surface area contributed by atoms with Crippen LogP contribution in [0.15, 0.2) is 24.3 Å². The van der Waals surface area contributed by atoms with Crippen molar-refractivity contribution in [3.05, 3.63) is 24.3 Å². The van der Waals surface area contributed by atoms with Crippen molar-refractivity contribution in [2.45, 2.75) is 168 Å². The number of unbranched alkanes of at least 4 members (excludes halogenated alkanes) is 8. The van der Waals surface area contributed by atoms with Gasteiger partial charge in [-0.05, 0) is 65.2 Å². The lowest BCUT2D eigenvalue weighted by Gasteiger charge is -2.48. The summed E-state index contributed by atoms with van der Waals surface area (Å²) >= 11 is 0. The van der Waals surface area contributed by atoms with Crippen molar-refractivity contribution in [2.75, 3.05) is 13.2 Å². The van der Waals surface area contributed by atoms with Crippen molar-refractivity contribution < 1.29 is 29.0 Å². The topological polar surface area (TPSA) is 105 Å². The molecule has 1 heterocycles. The minimum absolute atomic E-state index is 0.0157. The Morgan fingerprint density at radius 1 is 0.864 bits per heavy atom. The molecule has 44 heavy (non-hydrogen) atoms. The number of carboxylic acids is 1. The molecule has 0 aromatic carbocycles. The number of carbonyl (C=O) groups excluding carboxylic acids is 2. The molecule has 1 unspecified atom stereocenters. The summed E-state index contributed by atoms with van der Waals surface area (Å²) in [5, 5.41) is 12.7. The third-order valence-corrected chi connectivity index (χ3v) is 8.81. The molecule has 252 valence electrons. The second-order valence-electron chi connectivity index (χ2n) is 13.9. The summed E-state index contributed by atoms with van der Waals surface area (Å²) in [7, 11) is 0. The Hall–Kier alpha value is -2.19. The number of nitrogens with one attached hydrogen (secondary N) is 1. The first-order chi connectivity index (χ1) is 21.0. The van der Waals surface area contributed by atoms with Crippen molar-refractivity contribution in [2.24, 2.45) is 5.41 Å². The highest BCUT2D eigenvalue weighted by Gasteiger charge is 2.48. The predicted molar refractivity (Wildman–Crippen MR) is 176 cm³/mol. The minimum Gasteiger partial charge on any atom is -0.481 e. The molecule has 0 aromatic heterocycles. The van der Waals surface area contributed by atoms with Crippen LogP contribution in [0, 0.1) is 5.41 Å². The molecule has 2 fully saturated rings. The third kappa shape index (κ3) is 14.3. The standard InChI is InChI=1S/C36H62N2O6/c1-6-7-8-9-10-11-12-13-14-15-16-17-18-19-20-25-31(39)37-29-23-21-22-24-30(29)38(27-26-32(40)41)34(42)33-35(2,3)28-43-36(4,5)44-33/h10-11,13-14,29-30,33H,6-9,12,15-28H2,1-5H3,(H,37,39)(H,40,41)/t29-,30-,33?/m0/s1. The van der Waals surface area contributed by atoms with E-state index in [-0.39, 0.29) is 36.9 Å². The summed E-state index contributed by atoms with van der Waals surface area (Å²) in [4.78, 5) is 40.2. The van der Waals surface area contributed by atoms with E-state index < -0.39 is 23.3 Å². The number of ether oxygens (including phenoxy) is 2. The monoisotopic (exact) mass is 618 g/mol. The zero-order valence-electron chi connectivity index (χ0n) is 28.4. The first-order valence-corrected chi connectivity index (χ1v) is 17.4. The molecule has 0 radical (unpaired) electrons. The SMILES string of the molecule is CCCCCC=CCC=CCCCCCCCC(=O)N[C@H]1CCCC[C@@H]1N(CCC(=O)O)C(=O)C1OC(C)(C)OCC1(C)C. The normalized spacial score (nSPS) is 23.2. The number of amides is 2. The lowest BCUT2D eigenvalue weighted by Crippen LogP contribution is -2.62. The van der Waals surface area contributed by atoms with Gasteiger partial charge in [-0.15, -0.1) is 0 Å². The predicted octanol–water partition coefficient (Wildman–Crippen LogP) is 7.71. The van der Waals surface area contributed by atoms with Gasteiger partial charge in [0.1, 0.15) is 6.10 Å². The molecule has 0 spiro atoms. The lowest BCUT2D eigenvalue weighted by molar-refractivity contribution is -0.306. The van der Waals surface area contributed by atoms with Crippen molar-refractivity contribution in [3.8, 4) is 0 Å². The van der Waals surface area contributed by atoms with Gasteiger partial charge >= 0.3 is 5.97 Å². The first kappa shape index (κ1) is 38.0.